The summed E-state index contributed by atoms with van der Waals surface area (Å²) in [4.78, 5) is 15.6. The van der Waals surface area contributed by atoms with Gasteiger partial charge in [-0.15, -0.1) is 0 Å². The van der Waals surface area contributed by atoms with E-state index in [0.717, 1.165) is 12.1 Å². The largest absolute Gasteiger partial charge is 0.416 e. The first-order valence-electron chi connectivity index (χ1n) is 6.02. The normalized spacial score (nSPS) is 11.2. The maximum Gasteiger partial charge on any atom is 0.416 e. The summed E-state index contributed by atoms with van der Waals surface area (Å²) in [7, 11) is 0. The van der Waals surface area contributed by atoms with Gasteiger partial charge in [-0.25, -0.2) is 0 Å². The second kappa shape index (κ2) is 5.82. The highest BCUT2D eigenvalue weighted by atomic mass is 19.4. The van der Waals surface area contributed by atoms with Gasteiger partial charge in [-0.2, -0.15) is 13.2 Å². The number of nitrogens with two attached hydrogens (primary N) is 1. The van der Waals surface area contributed by atoms with Gasteiger partial charge in [-0.1, -0.05) is 12.1 Å². The Morgan fingerprint density at radius 1 is 1.19 bits per heavy atom. The zero-order valence-corrected chi connectivity index (χ0v) is 10.8. The predicted octanol–water partition coefficient (Wildman–Crippen LogP) is 2.61. The molecule has 0 saturated heterocycles. The number of nitrogen functional groups attached to an aromatic ring is 1. The molecule has 2 rings (SSSR count). The van der Waals surface area contributed by atoms with Crippen LogP contribution < -0.4 is 11.1 Å². The van der Waals surface area contributed by atoms with E-state index in [1.807, 2.05) is 0 Å². The molecule has 1 heterocycles. The molecule has 0 atom stereocenters. The highest BCUT2D eigenvalue weighted by molar-refractivity contribution is 5.98. The molecule has 0 aliphatic rings. The van der Waals surface area contributed by atoms with E-state index in [-0.39, 0.29) is 17.8 Å². The summed E-state index contributed by atoms with van der Waals surface area (Å²) in [5, 5.41) is 2.57. The van der Waals surface area contributed by atoms with Crippen LogP contribution in [0.4, 0.5) is 18.9 Å². The van der Waals surface area contributed by atoms with Gasteiger partial charge >= 0.3 is 6.18 Å². The minimum absolute atomic E-state index is 0.102. The molecule has 0 bridgehead atoms. The minimum Gasteiger partial charge on any atom is -0.398 e. The van der Waals surface area contributed by atoms with Crippen LogP contribution in [0.3, 0.4) is 0 Å². The zero-order valence-electron chi connectivity index (χ0n) is 10.8. The van der Waals surface area contributed by atoms with Gasteiger partial charge in [-0.3, -0.25) is 9.78 Å². The van der Waals surface area contributed by atoms with Crippen LogP contribution in [0, 0.1) is 0 Å². The summed E-state index contributed by atoms with van der Waals surface area (Å²) in [5.74, 6) is -0.430. The lowest BCUT2D eigenvalue weighted by atomic mass is 10.1. The molecule has 2 aromatic rings. The summed E-state index contributed by atoms with van der Waals surface area (Å²) in [5.41, 5.74) is 5.97. The molecule has 1 aromatic carbocycles. The van der Waals surface area contributed by atoms with E-state index >= 15 is 0 Å². The van der Waals surface area contributed by atoms with Crippen molar-refractivity contribution in [3.8, 4) is 0 Å². The number of hydrogen-bond donors (Lipinski definition) is 2. The van der Waals surface area contributed by atoms with E-state index in [0.29, 0.717) is 5.56 Å². The van der Waals surface area contributed by atoms with Gasteiger partial charge in [0.05, 0.1) is 11.1 Å². The fourth-order valence-corrected chi connectivity index (χ4v) is 1.68. The fourth-order valence-electron chi connectivity index (χ4n) is 1.68. The number of aromatic nitrogens is 1. The molecule has 7 heteroatoms. The van der Waals surface area contributed by atoms with Crippen LogP contribution in [0.5, 0.6) is 0 Å². The van der Waals surface area contributed by atoms with Crippen molar-refractivity contribution < 1.29 is 18.0 Å². The number of benzene rings is 1. The Morgan fingerprint density at radius 2 is 1.86 bits per heavy atom. The molecule has 1 aromatic heterocycles. The molecule has 3 N–H and O–H groups in total. The van der Waals surface area contributed by atoms with Crippen molar-refractivity contribution in [2.45, 2.75) is 12.7 Å². The average molecular weight is 295 g/mol. The number of carbonyl (C=O) groups excluding carboxylic acids is 1. The Hall–Kier alpha value is -2.57. The molecule has 0 spiro atoms. The third-order valence-corrected chi connectivity index (χ3v) is 2.83. The van der Waals surface area contributed by atoms with Gasteiger partial charge in [0.25, 0.3) is 5.91 Å². The molecular weight excluding hydrogens is 283 g/mol. The van der Waals surface area contributed by atoms with Crippen molar-refractivity contribution in [3.05, 3.63) is 59.4 Å². The van der Waals surface area contributed by atoms with Crippen molar-refractivity contribution in [2.75, 3.05) is 5.73 Å². The van der Waals surface area contributed by atoms with Gasteiger partial charge in [-0.05, 0) is 23.8 Å². The number of carbonyl (C=O) groups is 1. The monoisotopic (exact) mass is 295 g/mol. The lowest BCUT2D eigenvalue weighted by molar-refractivity contribution is -0.137. The topological polar surface area (TPSA) is 68.0 Å². The zero-order chi connectivity index (χ0) is 15.5. The van der Waals surface area contributed by atoms with Crippen molar-refractivity contribution in [1.29, 1.82) is 0 Å². The smallest absolute Gasteiger partial charge is 0.398 e. The standard InChI is InChI=1S/C14H12F3N3O/c15-14(16,17)10-3-1-9(2-4-10)7-20-13(21)11-8-19-6-5-12(11)18/h1-6,8H,7H2,(H2,18,19)(H,20,21). The number of halogens is 3. The summed E-state index contributed by atoms with van der Waals surface area (Å²) in [6.45, 7) is 0.102. The summed E-state index contributed by atoms with van der Waals surface area (Å²) in [6, 6.07) is 6.07. The Labute approximate surface area is 118 Å². The second-order valence-corrected chi connectivity index (χ2v) is 4.34. The van der Waals surface area contributed by atoms with Crippen LogP contribution in [-0.2, 0) is 12.7 Å². The first-order chi connectivity index (χ1) is 9.88. The summed E-state index contributed by atoms with van der Waals surface area (Å²) >= 11 is 0. The Morgan fingerprint density at radius 3 is 2.43 bits per heavy atom. The fraction of sp³-hybridized carbons (Fsp3) is 0.143. The number of hydrogen-bond acceptors (Lipinski definition) is 3. The number of pyridine rings is 1. The third kappa shape index (κ3) is 3.71. The predicted molar refractivity (Wildman–Crippen MR) is 71.3 cm³/mol. The SMILES string of the molecule is Nc1ccncc1C(=O)NCc1ccc(C(F)(F)F)cc1. The van der Waals surface area contributed by atoms with Crippen molar-refractivity contribution >= 4 is 11.6 Å². The van der Waals surface area contributed by atoms with E-state index in [1.165, 1.54) is 30.6 Å². The lowest BCUT2D eigenvalue weighted by Gasteiger charge is -2.09. The van der Waals surface area contributed by atoms with Gasteiger partial charge in [0, 0.05) is 24.6 Å². The molecule has 0 fully saturated rings. The van der Waals surface area contributed by atoms with Crippen LogP contribution in [0.15, 0.2) is 42.7 Å². The number of nitrogens with zero attached hydrogens (tertiary/aromatic N) is 1. The van der Waals surface area contributed by atoms with E-state index in [9.17, 15) is 18.0 Å². The second-order valence-electron chi connectivity index (χ2n) is 4.34. The highest BCUT2D eigenvalue weighted by Crippen LogP contribution is 2.29. The lowest BCUT2D eigenvalue weighted by Crippen LogP contribution is -2.24. The number of nitrogens with one attached hydrogen (secondary N) is 1. The van der Waals surface area contributed by atoms with Crippen molar-refractivity contribution in [1.82, 2.24) is 10.3 Å². The first-order valence-corrected chi connectivity index (χ1v) is 6.02. The molecule has 1 amide bonds. The quantitative estimate of drug-likeness (QED) is 0.914. The maximum atomic E-state index is 12.4. The summed E-state index contributed by atoms with van der Waals surface area (Å²) < 4.78 is 37.2. The van der Waals surface area contributed by atoms with E-state index < -0.39 is 17.6 Å². The molecule has 0 radical (unpaired) electrons. The van der Waals surface area contributed by atoms with Gasteiger partial charge in [0.1, 0.15) is 0 Å². The van der Waals surface area contributed by atoms with Gasteiger partial charge < -0.3 is 11.1 Å². The van der Waals surface area contributed by atoms with Crippen LogP contribution >= 0.6 is 0 Å². The van der Waals surface area contributed by atoms with Crippen LogP contribution in [0.1, 0.15) is 21.5 Å². The minimum atomic E-state index is -4.37. The van der Waals surface area contributed by atoms with E-state index in [1.54, 1.807) is 0 Å². The van der Waals surface area contributed by atoms with E-state index in [2.05, 4.69) is 10.3 Å². The highest BCUT2D eigenvalue weighted by Gasteiger charge is 2.29. The van der Waals surface area contributed by atoms with Crippen molar-refractivity contribution in [2.24, 2.45) is 0 Å². The molecule has 0 unspecified atom stereocenters. The number of anilines is 1. The van der Waals surface area contributed by atoms with Gasteiger partial charge in [0.2, 0.25) is 0 Å². The molecule has 110 valence electrons. The molecule has 0 aliphatic heterocycles. The molecule has 21 heavy (non-hydrogen) atoms. The molecule has 4 nitrogen and oxygen atoms in total. The van der Waals surface area contributed by atoms with Crippen LogP contribution in [0.2, 0.25) is 0 Å². The number of alkyl halides is 3. The van der Waals surface area contributed by atoms with Crippen LogP contribution in [0.25, 0.3) is 0 Å². The van der Waals surface area contributed by atoms with Crippen molar-refractivity contribution in [3.63, 3.8) is 0 Å². The molecule has 0 aliphatic carbocycles. The number of rotatable bonds is 3. The molecule has 0 saturated carbocycles. The van der Waals surface area contributed by atoms with Crippen LogP contribution in [-0.4, -0.2) is 10.9 Å². The van der Waals surface area contributed by atoms with Gasteiger partial charge in [0.15, 0.2) is 0 Å². The maximum absolute atomic E-state index is 12.4. The Bertz CT molecular complexity index is 639. The Balaban J connectivity index is 2.00. The third-order valence-electron chi connectivity index (χ3n) is 2.83. The average Bonchev–Trinajstić information content (AvgIpc) is 2.45. The van der Waals surface area contributed by atoms with E-state index in [4.69, 9.17) is 5.73 Å². The number of amides is 1. The molecular formula is C14H12F3N3O. The Kier molecular flexibility index (Phi) is 4.11. The first kappa shape index (κ1) is 14.8. The summed E-state index contributed by atoms with van der Waals surface area (Å²) in [6.07, 6.45) is -1.58.